The fourth-order valence-electron chi connectivity index (χ4n) is 4.10. The van der Waals surface area contributed by atoms with E-state index in [1.54, 1.807) is 7.11 Å². The number of aryl methyl sites for hydroxylation is 1. The SMILES string of the molecule is C/C=C\C=C(/C)c1cnc(-c2ccc(-c3ccccc3-c3cc(Cl)cc(OC)c3)cc2)cc1C. The van der Waals surface area contributed by atoms with Crippen LogP contribution in [0.5, 0.6) is 5.75 Å². The van der Waals surface area contributed by atoms with E-state index in [1.165, 1.54) is 16.7 Å². The van der Waals surface area contributed by atoms with Crippen molar-refractivity contribution in [2.45, 2.75) is 20.8 Å². The molecule has 0 aliphatic carbocycles. The fourth-order valence-corrected chi connectivity index (χ4v) is 4.33. The van der Waals surface area contributed by atoms with E-state index >= 15 is 0 Å². The number of aromatic nitrogens is 1. The summed E-state index contributed by atoms with van der Waals surface area (Å²) < 4.78 is 5.42. The van der Waals surface area contributed by atoms with Gasteiger partial charge in [0.1, 0.15) is 5.75 Å². The molecule has 0 bridgehead atoms. The highest BCUT2D eigenvalue weighted by Gasteiger charge is 2.11. The molecule has 0 saturated heterocycles. The minimum absolute atomic E-state index is 0.653. The number of allylic oxidation sites excluding steroid dienone is 4. The summed E-state index contributed by atoms with van der Waals surface area (Å²) in [5.74, 6) is 0.744. The first-order valence-electron chi connectivity index (χ1n) is 11.3. The molecule has 4 rings (SSSR count). The molecule has 0 aliphatic rings. The lowest BCUT2D eigenvalue weighted by atomic mass is 9.93. The Labute approximate surface area is 207 Å². The van der Waals surface area contributed by atoms with E-state index in [2.05, 4.69) is 74.5 Å². The van der Waals surface area contributed by atoms with Crippen LogP contribution in [-0.2, 0) is 0 Å². The summed E-state index contributed by atoms with van der Waals surface area (Å²) in [6.07, 6.45) is 8.17. The van der Waals surface area contributed by atoms with Crippen LogP contribution in [0.3, 0.4) is 0 Å². The number of benzene rings is 3. The van der Waals surface area contributed by atoms with Crippen molar-refractivity contribution in [3.8, 4) is 39.3 Å². The highest BCUT2D eigenvalue weighted by Crippen LogP contribution is 2.36. The van der Waals surface area contributed by atoms with Crippen molar-refractivity contribution >= 4 is 17.2 Å². The molecule has 3 heteroatoms. The summed E-state index contributed by atoms with van der Waals surface area (Å²) in [6, 6.07) is 24.9. The van der Waals surface area contributed by atoms with Crippen LogP contribution < -0.4 is 4.74 Å². The number of ether oxygens (including phenoxy) is 1. The second kappa shape index (κ2) is 10.5. The first kappa shape index (κ1) is 23.5. The average molecular weight is 466 g/mol. The zero-order valence-electron chi connectivity index (χ0n) is 20.0. The molecule has 4 aromatic rings. The zero-order valence-corrected chi connectivity index (χ0v) is 20.7. The summed E-state index contributed by atoms with van der Waals surface area (Å²) in [5, 5.41) is 0.653. The molecule has 0 atom stereocenters. The van der Waals surface area contributed by atoms with E-state index in [9.17, 15) is 0 Å². The maximum Gasteiger partial charge on any atom is 0.120 e. The number of pyridine rings is 1. The summed E-state index contributed by atoms with van der Waals surface area (Å²) in [7, 11) is 1.65. The van der Waals surface area contributed by atoms with Gasteiger partial charge in [0, 0.05) is 16.8 Å². The summed E-state index contributed by atoms with van der Waals surface area (Å²) in [4.78, 5) is 4.74. The molecule has 0 spiro atoms. The second-order valence-electron chi connectivity index (χ2n) is 8.26. The number of rotatable bonds is 6. The Morgan fingerprint density at radius 1 is 0.882 bits per heavy atom. The highest BCUT2D eigenvalue weighted by molar-refractivity contribution is 6.31. The topological polar surface area (TPSA) is 22.1 Å². The van der Waals surface area contributed by atoms with Crippen molar-refractivity contribution in [2.75, 3.05) is 7.11 Å². The Morgan fingerprint density at radius 3 is 2.21 bits per heavy atom. The van der Waals surface area contributed by atoms with E-state index in [0.29, 0.717) is 5.02 Å². The molecule has 0 radical (unpaired) electrons. The third-order valence-electron chi connectivity index (χ3n) is 5.91. The van der Waals surface area contributed by atoms with Crippen LogP contribution in [0.2, 0.25) is 5.02 Å². The van der Waals surface area contributed by atoms with Gasteiger partial charge in [-0.3, -0.25) is 4.98 Å². The first-order chi connectivity index (χ1) is 16.5. The standard InChI is InChI=1S/C31H28ClNO/c1-5-6-9-21(2)30-20-33-31(16-22(30)3)24-14-12-23(13-15-24)28-10-7-8-11-29(28)25-17-26(32)19-27(18-25)34-4/h5-20H,1-4H3/b6-5-,21-9+. The van der Waals surface area contributed by atoms with Gasteiger partial charge in [-0.05, 0) is 84.0 Å². The van der Waals surface area contributed by atoms with E-state index in [1.807, 2.05) is 43.5 Å². The van der Waals surface area contributed by atoms with Gasteiger partial charge in [0.2, 0.25) is 0 Å². The number of nitrogens with zero attached hydrogens (tertiary/aromatic N) is 1. The zero-order chi connectivity index (χ0) is 24.1. The van der Waals surface area contributed by atoms with E-state index in [4.69, 9.17) is 21.3 Å². The maximum absolute atomic E-state index is 6.34. The first-order valence-corrected chi connectivity index (χ1v) is 11.7. The van der Waals surface area contributed by atoms with Gasteiger partial charge < -0.3 is 4.74 Å². The van der Waals surface area contributed by atoms with Crippen molar-refractivity contribution in [1.29, 1.82) is 0 Å². The normalized spacial score (nSPS) is 11.7. The van der Waals surface area contributed by atoms with Crippen LogP contribution in [-0.4, -0.2) is 12.1 Å². The third-order valence-corrected chi connectivity index (χ3v) is 6.13. The van der Waals surface area contributed by atoms with Gasteiger partial charge in [-0.1, -0.05) is 78.4 Å². The van der Waals surface area contributed by atoms with Gasteiger partial charge >= 0.3 is 0 Å². The van der Waals surface area contributed by atoms with E-state index < -0.39 is 0 Å². The molecular weight excluding hydrogens is 438 g/mol. The number of hydrogen-bond donors (Lipinski definition) is 0. The molecule has 0 saturated carbocycles. The molecule has 3 aromatic carbocycles. The lowest BCUT2D eigenvalue weighted by Crippen LogP contribution is -1.92. The van der Waals surface area contributed by atoms with Crippen LogP contribution in [0.25, 0.3) is 39.1 Å². The van der Waals surface area contributed by atoms with Crippen molar-refractivity contribution in [3.05, 3.63) is 113 Å². The lowest BCUT2D eigenvalue weighted by molar-refractivity contribution is 0.415. The Kier molecular flexibility index (Phi) is 7.30. The molecule has 0 unspecified atom stereocenters. The smallest absolute Gasteiger partial charge is 0.120 e. The predicted molar refractivity (Wildman–Crippen MR) is 145 cm³/mol. The minimum Gasteiger partial charge on any atom is -0.497 e. The van der Waals surface area contributed by atoms with Crippen molar-refractivity contribution in [1.82, 2.24) is 4.98 Å². The van der Waals surface area contributed by atoms with Crippen LogP contribution in [0, 0.1) is 6.92 Å². The molecule has 0 aliphatic heterocycles. The molecule has 2 nitrogen and oxygen atoms in total. The Hall–Kier alpha value is -3.62. The minimum atomic E-state index is 0.653. The fraction of sp³-hybridized carbons (Fsp3) is 0.129. The molecule has 0 amide bonds. The Balaban J connectivity index is 1.67. The average Bonchev–Trinajstić information content (AvgIpc) is 2.87. The Bertz CT molecular complexity index is 1370. The van der Waals surface area contributed by atoms with Crippen molar-refractivity contribution < 1.29 is 4.74 Å². The summed E-state index contributed by atoms with van der Waals surface area (Å²) >= 11 is 6.34. The summed E-state index contributed by atoms with van der Waals surface area (Å²) in [5.41, 5.74) is 10.1. The van der Waals surface area contributed by atoms with Gasteiger partial charge in [0.25, 0.3) is 0 Å². The van der Waals surface area contributed by atoms with E-state index in [0.717, 1.165) is 39.3 Å². The largest absolute Gasteiger partial charge is 0.497 e. The molecular formula is C31H28ClNO. The van der Waals surface area contributed by atoms with Gasteiger partial charge in [-0.2, -0.15) is 0 Å². The van der Waals surface area contributed by atoms with Gasteiger partial charge in [0.15, 0.2) is 0 Å². The number of hydrogen-bond acceptors (Lipinski definition) is 2. The predicted octanol–water partition coefficient (Wildman–Crippen LogP) is 9.03. The second-order valence-corrected chi connectivity index (χ2v) is 8.70. The number of halogens is 1. The third kappa shape index (κ3) is 5.13. The molecule has 170 valence electrons. The number of methoxy groups -OCH3 is 1. The van der Waals surface area contributed by atoms with Gasteiger partial charge in [-0.15, -0.1) is 0 Å². The van der Waals surface area contributed by atoms with Crippen LogP contribution in [0.4, 0.5) is 0 Å². The molecule has 1 aromatic heterocycles. The maximum atomic E-state index is 6.34. The van der Waals surface area contributed by atoms with E-state index in [-0.39, 0.29) is 0 Å². The quantitative estimate of drug-likeness (QED) is 0.265. The van der Waals surface area contributed by atoms with Gasteiger partial charge in [0.05, 0.1) is 12.8 Å². The highest BCUT2D eigenvalue weighted by atomic mass is 35.5. The summed E-state index contributed by atoms with van der Waals surface area (Å²) in [6.45, 7) is 6.27. The van der Waals surface area contributed by atoms with Crippen LogP contribution >= 0.6 is 11.6 Å². The van der Waals surface area contributed by atoms with Crippen molar-refractivity contribution in [3.63, 3.8) is 0 Å². The lowest BCUT2D eigenvalue weighted by Gasteiger charge is -2.13. The van der Waals surface area contributed by atoms with Crippen molar-refractivity contribution in [2.24, 2.45) is 0 Å². The van der Waals surface area contributed by atoms with Gasteiger partial charge in [-0.25, -0.2) is 0 Å². The molecule has 34 heavy (non-hydrogen) atoms. The monoisotopic (exact) mass is 465 g/mol. The molecule has 0 N–H and O–H groups in total. The molecule has 0 fully saturated rings. The molecule has 1 heterocycles. The Morgan fingerprint density at radius 2 is 1.56 bits per heavy atom. The van der Waals surface area contributed by atoms with Crippen LogP contribution in [0.15, 0.2) is 97.2 Å². The van der Waals surface area contributed by atoms with Crippen LogP contribution in [0.1, 0.15) is 25.0 Å².